The van der Waals surface area contributed by atoms with Gasteiger partial charge < -0.3 is 10.2 Å². The molecule has 103 valence electrons. The van der Waals surface area contributed by atoms with E-state index >= 15 is 0 Å². The van der Waals surface area contributed by atoms with E-state index in [-0.39, 0.29) is 17.1 Å². The molecule has 5 heteroatoms. The maximum Gasteiger partial charge on any atom is 0.335 e. The molecule has 0 saturated heterocycles. The Labute approximate surface area is 121 Å². The molecule has 2 rings (SSSR count). The Kier molecular flexibility index (Phi) is 7.93. The number of benzene rings is 2. The minimum Gasteiger partial charge on any atom is -0.478 e. The van der Waals surface area contributed by atoms with Gasteiger partial charge in [0, 0.05) is 17.1 Å². The van der Waals surface area contributed by atoms with Gasteiger partial charge in [0.1, 0.15) is 0 Å². The van der Waals surface area contributed by atoms with Crippen molar-refractivity contribution in [2.45, 2.75) is 0 Å². The van der Waals surface area contributed by atoms with Gasteiger partial charge in [-0.15, -0.1) is 0 Å². The van der Waals surface area contributed by atoms with E-state index in [2.05, 4.69) is 0 Å². The molecule has 0 bridgehead atoms. The molecule has 0 aliphatic rings. The van der Waals surface area contributed by atoms with Gasteiger partial charge in [0.25, 0.3) is 0 Å². The molecule has 2 aromatic carbocycles. The smallest absolute Gasteiger partial charge is 0.335 e. The Morgan fingerprint density at radius 2 is 0.895 bits per heavy atom. The number of aromatic carboxylic acids is 2. The third-order valence-electron chi connectivity index (χ3n) is 2.04. The zero-order chi connectivity index (χ0) is 13.4. The first kappa shape index (κ1) is 16.9. The van der Waals surface area contributed by atoms with Crippen molar-refractivity contribution in [3.8, 4) is 0 Å². The van der Waals surface area contributed by atoms with Crippen LogP contribution in [0, 0.1) is 0 Å². The second-order valence-electron chi connectivity index (χ2n) is 3.34. The molecule has 0 atom stereocenters. The van der Waals surface area contributed by atoms with Crippen molar-refractivity contribution in [1.82, 2.24) is 0 Å². The maximum atomic E-state index is 10.2. The van der Waals surface area contributed by atoms with Crippen LogP contribution in [0.25, 0.3) is 0 Å². The van der Waals surface area contributed by atoms with Gasteiger partial charge in [-0.05, 0) is 24.3 Å². The topological polar surface area (TPSA) is 74.6 Å². The van der Waals surface area contributed by atoms with Gasteiger partial charge in [0.2, 0.25) is 0 Å². The molecule has 0 spiro atoms. The summed E-state index contributed by atoms with van der Waals surface area (Å²) in [6.07, 6.45) is 0. The van der Waals surface area contributed by atoms with Gasteiger partial charge >= 0.3 is 11.9 Å². The van der Waals surface area contributed by atoms with Gasteiger partial charge in [-0.2, -0.15) is 0 Å². The summed E-state index contributed by atoms with van der Waals surface area (Å²) in [6.45, 7) is 0. The molecular formula is C14H12CuO4. The second-order valence-corrected chi connectivity index (χ2v) is 3.34. The fraction of sp³-hybridized carbons (Fsp3) is 0. The van der Waals surface area contributed by atoms with Crippen LogP contribution in [0.4, 0.5) is 0 Å². The number of hydrogen-bond donors (Lipinski definition) is 2. The third-order valence-corrected chi connectivity index (χ3v) is 2.04. The SMILES string of the molecule is O=C(O)c1ccccc1.O=C(O)c1ccccc1.[Cu]. The Hall–Kier alpha value is -2.10. The van der Waals surface area contributed by atoms with Crippen molar-refractivity contribution < 1.29 is 36.9 Å². The fourth-order valence-corrected chi connectivity index (χ4v) is 1.16. The molecule has 0 aliphatic heterocycles. The van der Waals surface area contributed by atoms with Crippen molar-refractivity contribution in [2.24, 2.45) is 0 Å². The first-order chi connectivity index (χ1) is 8.61. The first-order valence-electron chi connectivity index (χ1n) is 5.18. The Morgan fingerprint density at radius 1 is 0.632 bits per heavy atom. The molecule has 19 heavy (non-hydrogen) atoms. The van der Waals surface area contributed by atoms with E-state index in [1.54, 1.807) is 60.7 Å². The molecule has 0 aromatic heterocycles. The zero-order valence-corrected chi connectivity index (χ0v) is 10.7. The standard InChI is InChI=1S/2C7H6O2.Cu/c2*8-7(9)6-4-2-1-3-5-6;/h2*1-5H,(H,8,9);. The molecule has 0 aliphatic carbocycles. The molecule has 4 nitrogen and oxygen atoms in total. The number of carboxylic acids is 2. The van der Waals surface area contributed by atoms with Crippen molar-refractivity contribution in [1.29, 1.82) is 0 Å². The second kappa shape index (κ2) is 8.91. The van der Waals surface area contributed by atoms with Crippen LogP contribution in [-0.2, 0) is 17.1 Å². The zero-order valence-electron chi connectivity index (χ0n) is 9.79. The predicted octanol–water partition coefficient (Wildman–Crippen LogP) is 2.77. The Morgan fingerprint density at radius 3 is 1.05 bits per heavy atom. The van der Waals surface area contributed by atoms with Gasteiger partial charge in [0.15, 0.2) is 0 Å². The number of carboxylic acid groups (broad SMARTS) is 2. The van der Waals surface area contributed by atoms with Crippen LogP contribution in [0.2, 0.25) is 0 Å². The predicted molar refractivity (Wildman–Crippen MR) is 66.8 cm³/mol. The maximum absolute atomic E-state index is 10.2. The summed E-state index contributed by atoms with van der Waals surface area (Å²) < 4.78 is 0. The van der Waals surface area contributed by atoms with Gasteiger partial charge in [-0.3, -0.25) is 0 Å². The quantitative estimate of drug-likeness (QED) is 0.837. The summed E-state index contributed by atoms with van der Waals surface area (Å²) in [7, 11) is 0. The molecule has 0 fully saturated rings. The summed E-state index contributed by atoms with van der Waals surface area (Å²) >= 11 is 0. The minimum atomic E-state index is -0.879. The van der Waals surface area contributed by atoms with E-state index < -0.39 is 11.9 Å². The van der Waals surface area contributed by atoms with Crippen molar-refractivity contribution >= 4 is 11.9 Å². The summed E-state index contributed by atoms with van der Waals surface area (Å²) in [5, 5.41) is 16.8. The van der Waals surface area contributed by atoms with Crippen molar-refractivity contribution in [3.05, 3.63) is 71.8 Å². The minimum absolute atomic E-state index is 0. The first-order valence-corrected chi connectivity index (χ1v) is 5.18. The molecular weight excluding hydrogens is 296 g/mol. The average Bonchev–Trinajstić information content (AvgIpc) is 2.41. The third kappa shape index (κ3) is 6.40. The largest absolute Gasteiger partial charge is 0.478 e. The summed E-state index contributed by atoms with van der Waals surface area (Å²) in [4.78, 5) is 20.4. The molecule has 0 heterocycles. The molecule has 2 N–H and O–H groups in total. The molecule has 0 amide bonds. The fourth-order valence-electron chi connectivity index (χ4n) is 1.16. The van der Waals surface area contributed by atoms with E-state index in [1.165, 1.54) is 0 Å². The van der Waals surface area contributed by atoms with Crippen molar-refractivity contribution in [2.75, 3.05) is 0 Å². The van der Waals surface area contributed by atoms with Crippen LogP contribution < -0.4 is 0 Å². The molecule has 0 saturated carbocycles. The summed E-state index contributed by atoms with van der Waals surface area (Å²) in [5.41, 5.74) is 0.662. The van der Waals surface area contributed by atoms with Gasteiger partial charge in [-0.25, -0.2) is 9.59 Å². The van der Waals surface area contributed by atoms with E-state index in [0.717, 1.165) is 0 Å². The van der Waals surface area contributed by atoms with Crippen LogP contribution in [0.1, 0.15) is 20.7 Å². The molecule has 0 unspecified atom stereocenters. The monoisotopic (exact) mass is 307 g/mol. The summed E-state index contributed by atoms with van der Waals surface area (Å²) in [6, 6.07) is 16.6. The van der Waals surface area contributed by atoms with Crippen molar-refractivity contribution in [3.63, 3.8) is 0 Å². The van der Waals surface area contributed by atoms with E-state index in [4.69, 9.17) is 10.2 Å². The Balaban J connectivity index is 0.000000324. The Bertz CT molecular complexity index is 462. The molecule has 1 radical (unpaired) electrons. The van der Waals surface area contributed by atoms with Crippen LogP contribution in [0.15, 0.2) is 60.7 Å². The van der Waals surface area contributed by atoms with Crippen LogP contribution >= 0.6 is 0 Å². The number of hydrogen-bond acceptors (Lipinski definition) is 2. The number of carbonyl (C=O) groups is 2. The van der Waals surface area contributed by atoms with Crippen LogP contribution in [0.3, 0.4) is 0 Å². The normalized spacial score (nSPS) is 8.42. The summed E-state index contributed by atoms with van der Waals surface area (Å²) in [5.74, 6) is -1.76. The van der Waals surface area contributed by atoms with E-state index in [1.807, 2.05) is 0 Å². The van der Waals surface area contributed by atoms with Crippen LogP contribution in [0.5, 0.6) is 0 Å². The average molecular weight is 308 g/mol. The number of rotatable bonds is 2. The van der Waals surface area contributed by atoms with E-state index in [9.17, 15) is 9.59 Å². The van der Waals surface area contributed by atoms with Gasteiger partial charge in [0.05, 0.1) is 11.1 Å². The van der Waals surface area contributed by atoms with E-state index in [0.29, 0.717) is 11.1 Å². The van der Waals surface area contributed by atoms with Gasteiger partial charge in [-0.1, -0.05) is 36.4 Å². The molecule has 2 aromatic rings. The van der Waals surface area contributed by atoms with Crippen LogP contribution in [-0.4, -0.2) is 22.2 Å².